The third-order valence-corrected chi connectivity index (χ3v) is 3.22. The second-order valence-corrected chi connectivity index (χ2v) is 5.09. The van der Waals surface area contributed by atoms with E-state index in [9.17, 15) is 0 Å². The molecule has 18 heavy (non-hydrogen) atoms. The molecule has 2 rings (SSSR count). The molecule has 2 N–H and O–H groups in total. The summed E-state index contributed by atoms with van der Waals surface area (Å²) >= 11 is 1.33. The minimum Gasteiger partial charge on any atom is -0.467 e. The van der Waals surface area contributed by atoms with Gasteiger partial charge < -0.3 is 14.8 Å². The van der Waals surface area contributed by atoms with Gasteiger partial charge in [0.1, 0.15) is 11.6 Å². The van der Waals surface area contributed by atoms with Crippen LogP contribution in [0.1, 0.15) is 43.8 Å². The Morgan fingerprint density at radius 1 is 1.50 bits per heavy atom. The number of nitrogens with one attached hydrogen (secondary N) is 1. The number of rotatable bonds is 6. The number of nitrogens with zero attached hydrogens (tertiary/aromatic N) is 2. The fraction of sp³-hybridized carbons (Fsp3) is 0.500. The van der Waals surface area contributed by atoms with Gasteiger partial charge in [0, 0.05) is 24.1 Å². The van der Waals surface area contributed by atoms with E-state index in [2.05, 4.69) is 28.5 Å². The maximum atomic E-state index is 9.09. The summed E-state index contributed by atoms with van der Waals surface area (Å²) in [5.74, 6) is 1.95. The van der Waals surface area contributed by atoms with E-state index < -0.39 is 0 Å². The summed E-state index contributed by atoms with van der Waals surface area (Å²) in [6.45, 7) is 4.21. The first-order valence-electron chi connectivity index (χ1n) is 5.95. The number of furan rings is 1. The minimum absolute atomic E-state index is 0.0713. The molecule has 0 radical (unpaired) electrons. The SMILES string of the molecule is CC(C)c1nsc(NC(CCO)c2ccco2)n1. The fourth-order valence-corrected chi connectivity index (χ4v) is 2.34. The van der Waals surface area contributed by atoms with Gasteiger partial charge in [-0.3, -0.25) is 0 Å². The van der Waals surface area contributed by atoms with Gasteiger partial charge >= 0.3 is 0 Å². The van der Waals surface area contributed by atoms with Crippen molar-refractivity contribution < 1.29 is 9.52 Å². The van der Waals surface area contributed by atoms with Crippen LogP contribution in [-0.4, -0.2) is 21.1 Å². The molecule has 98 valence electrons. The second kappa shape index (κ2) is 5.97. The summed E-state index contributed by atoms with van der Waals surface area (Å²) in [7, 11) is 0. The number of hydrogen-bond donors (Lipinski definition) is 2. The average Bonchev–Trinajstić information content (AvgIpc) is 2.99. The first kappa shape index (κ1) is 13.0. The summed E-state index contributed by atoms with van der Waals surface area (Å²) in [5.41, 5.74) is 0. The Bertz CT molecular complexity index is 467. The van der Waals surface area contributed by atoms with Crippen LogP contribution in [0, 0.1) is 0 Å². The van der Waals surface area contributed by atoms with Crippen LogP contribution in [0.5, 0.6) is 0 Å². The molecule has 2 aromatic rings. The first-order chi connectivity index (χ1) is 8.70. The quantitative estimate of drug-likeness (QED) is 0.842. The van der Waals surface area contributed by atoms with Crippen LogP contribution in [0.4, 0.5) is 5.13 Å². The van der Waals surface area contributed by atoms with Crippen molar-refractivity contribution in [1.82, 2.24) is 9.36 Å². The van der Waals surface area contributed by atoms with Gasteiger partial charge in [0.2, 0.25) is 5.13 Å². The lowest BCUT2D eigenvalue weighted by molar-refractivity contribution is 0.273. The molecule has 0 spiro atoms. The average molecular weight is 267 g/mol. The highest BCUT2D eigenvalue weighted by Crippen LogP contribution is 2.25. The number of hydrogen-bond acceptors (Lipinski definition) is 6. The van der Waals surface area contributed by atoms with Gasteiger partial charge in [-0.25, -0.2) is 4.98 Å². The predicted octanol–water partition coefficient (Wildman–Crippen LogP) is 2.79. The number of anilines is 1. The maximum Gasteiger partial charge on any atom is 0.203 e. The summed E-state index contributed by atoms with van der Waals surface area (Å²) in [4.78, 5) is 4.41. The summed E-state index contributed by atoms with van der Waals surface area (Å²) < 4.78 is 9.64. The molecule has 0 bridgehead atoms. The minimum atomic E-state index is -0.0713. The van der Waals surface area contributed by atoms with Crippen LogP contribution in [-0.2, 0) is 0 Å². The van der Waals surface area contributed by atoms with Crippen molar-refractivity contribution in [2.75, 3.05) is 11.9 Å². The third-order valence-electron chi connectivity index (χ3n) is 2.56. The van der Waals surface area contributed by atoms with E-state index in [1.165, 1.54) is 11.5 Å². The molecule has 1 atom stereocenters. The van der Waals surface area contributed by atoms with Gasteiger partial charge in [-0.15, -0.1) is 0 Å². The zero-order valence-electron chi connectivity index (χ0n) is 10.5. The standard InChI is InChI=1S/C12H17N3O2S/c1-8(2)11-14-12(18-15-11)13-9(5-6-16)10-4-3-7-17-10/h3-4,7-9,16H,5-6H2,1-2H3,(H,13,14,15). The molecule has 0 saturated heterocycles. The summed E-state index contributed by atoms with van der Waals surface area (Å²) in [5, 5.41) is 13.1. The summed E-state index contributed by atoms with van der Waals surface area (Å²) in [6, 6.07) is 3.65. The van der Waals surface area contributed by atoms with Crippen LogP contribution in [0.25, 0.3) is 0 Å². The third kappa shape index (κ3) is 3.08. The molecule has 0 aliphatic carbocycles. The van der Waals surface area contributed by atoms with Crippen molar-refractivity contribution in [2.24, 2.45) is 0 Å². The van der Waals surface area contributed by atoms with Crippen LogP contribution < -0.4 is 5.32 Å². The van der Waals surface area contributed by atoms with E-state index in [0.29, 0.717) is 12.3 Å². The molecule has 0 aromatic carbocycles. The summed E-state index contributed by atoms with van der Waals surface area (Å²) in [6.07, 6.45) is 2.20. The largest absolute Gasteiger partial charge is 0.467 e. The van der Waals surface area contributed by atoms with E-state index in [1.807, 2.05) is 12.1 Å². The maximum absolute atomic E-state index is 9.09. The van der Waals surface area contributed by atoms with Crippen molar-refractivity contribution in [1.29, 1.82) is 0 Å². The van der Waals surface area contributed by atoms with E-state index >= 15 is 0 Å². The van der Waals surface area contributed by atoms with E-state index in [4.69, 9.17) is 9.52 Å². The molecular formula is C12H17N3O2S. The monoisotopic (exact) mass is 267 g/mol. The van der Waals surface area contributed by atoms with Crippen molar-refractivity contribution in [2.45, 2.75) is 32.2 Å². The van der Waals surface area contributed by atoms with Gasteiger partial charge in [0.15, 0.2) is 0 Å². The van der Waals surface area contributed by atoms with E-state index in [1.54, 1.807) is 6.26 Å². The molecule has 6 heteroatoms. The second-order valence-electron chi connectivity index (χ2n) is 4.34. The number of aliphatic hydroxyl groups is 1. The van der Waals surface area contributed by atoms with Crippen LogP contribution >= 0.6 is 11.5 Å². The molecular weight excluding hydrogens is 250 g/mol. The highest BCUT2D eigenvalue weighted by molar-refractivity contribution is 7.09. The highest BCUT2D eigenvalue weighted by Gasteiger charge is 2.16. The normalized spacial score (nSPS) is 12.9. The first-order valence-corrected chi connectivity index (χ1v) is 6.72. The molecule has 0 aliphatic heterocycles. The zero-order chi connectivity index (χ0) is 13.0. The zero-order valence-corrected chi connectivity index (χ0v) is 11.3. The molecule has 2 heterocycles. The molecule has 2 aromatic heterocycles. The molecule has 0 aliphatic rings. The Morgan fingerprint density at radius 2 is 2.33 bits per heavy atom. The Balaban J connectivity index is 2.08. The Labute approximate surface area is 110 Å². The van der Waals surface area contributed by atoms with Crippen molar-refractivity contribution in [3.63, 3.8) is 0 Å². The lowest BCUT2D eigenvalue weighted by Crippen LogP contribution is -2.11. The van der Waals surface area contributed by atoms with Gasteiger partial charge in [0.25, 0.3) is 0 Å². The van der Waals surface area contributed by atoms with Gasteiger partial charge in [-0.2, -0.15) is 4.37 Å². The fourth-order valence-electron chi connectivity index (χ4n) is 1.58. The molecule has 1 unspecified atom stereocenters. The van der Waals surface area contributed by atoms with Gasteiger partial charge in [-0.1, -0.05) is 13.8 Å². The van der Waals surface area contributed by atoms with Crippen molar-refractivity contribution in [3.8, 4) is 0 Å². The van der Waals surface area contributed by atoms with Crippen LogP contribution in [0.2, 0.25) is 0 Å². The lowest BCUT2D eigenvalue weighted by Gasteiger charge is -2.13. The molecule has 0 fully saturated rings. The Hall–Kier alpha value is -1.40. The topological polar surface area (TPSA) is 71.2 Å². The van der Waals surface area contributed by atoms with Crippen molar-refractivity contribution in [3.05, 3.63) is 30.0 Å². The number of aromatic nitrogens is 2. The van der Waals surface area contributed by atoms with E-state index in [-0.39, 0.29) is 12.6 Å². The Kier molecular flexibility index (Phi) is 4.33. The van der Waals surface area contributed by atoms with Gasteiger partial charge in [-0.05, 0) is 18.6 Å². The predicted molar refractivity (Wildman–Crippen MR) is 70.8 cm³/mol. The van der Waals surface area contributed by atoms with E-state index in [0.717, 1.165) is 16.7 Å². The van der Waals surface area contributed by atoms with Gasteiger partial charge in [0.05, 0.1) is 12.3 Å². The lowest BCUT2D eigenvalue weighted by atomic mass is 10.1. The Morgan fingerprint density at radius 3 is 2.89 bits per heavy atom. The smallest absolute Gasteiger partial charge is 0.203 e. The number of aliphatic hydroxyl groups excluding tert-OH is 1. The molecule has 5 nitrogen and oxygen atoms in total. The molecule has 0 amide bonds. The molecule has 0 saturated carbocycles. The highest BCUT2D eigenvalue weighted by atomic mass is 32.1. The van der Waals surface area contributed by atoms with Crippen molar-refractivity contribution >= 4 is 16.7 Å². The van der Waals surface area contributed by atoms with Crippen LogP contribution in [0.3, 0.4) is 0 Å². The van der Waals surface area contributed by atoms with Crippen LogP contribution in [0.15, 0.2) is 22.8 Å².